The molecule has 29 heavy (non-hydrogen) atoms. The monoisotopic (exact) mass is 421 g/mol. The third kappa shape index (κ3) is 4.05. The van der Waals surface area contributed by atoms with Crippen molar-refractivity contribution in [3.05, 3.63) is 23.8 Å². The Morgan fingerprint density at radius 2 is 1.86 bits per heavy atom. The molecule has 2 heterocycles. The average Bonchev–Trinajstić information content (AvgIpc) is 2.89. The first kappa shape index (κ1) is 21.8. The van der Waals surface area contributed by atoms with Crippen molar-refractivity contribution in [1.29, 1.82) is 0 Å². The van der Waals surface area contributed by atoms with Gasteiger partial charge in [0, 0.05) is 24.8 Å². The topological polar surface area (TPSA) is 86.8 Å². The summed E-state index contributed by atoms with van der Waals surface area (Å²) in [5, 5.41) is 2.88. The maximum Gasteiger partial charge on any atom is 0.243 e. The molecule has 1 aromatic carbocycles. The SMILES string of the molecule is CCC(C)NC(=O)CN1C(=O)C(C)(C)c2cc(S(=O)(=O)N3CCCCC3)ccc21. The number of nitrogens with zero attached hydrogens (tertiary/aromatic N) is 2. The van der Waals surface area contributed by atoms with Gasteiger partial charge in [0.25, 0.3) is 0 Å². The summed E-state index contributed by atoms with van der Waals surface area (Å²) in [6, 6.07) is 4.86. The summed E-state index contributed by atoms with van der Waals surface area (Å²) in [6.07, 6.45) is 3.59. The number of carbonyl (C=O) groups is 2. The van der Waals surface area contributed by atoms with Gasteiger partial charge >= 0.3 is 0 Å². The minimum absolute atomic E-state index is 0.0322. The molecule has 3 rings (SSSR count). The molecule has 1 fully saturated rings. The van der Waals surface area contributed by atoms with Crippen LogP contribution in [0.4, 0.5) is 5.69 Å². The maximum atomic E-state index is 13.1. The number of sulfonamides is 1. The average molecular weight is 422 g/mol. The predicted octanol–water partition coefficient (Wildman–Crippen LogP) is 2.40. The highest BCUT2D eigenvalue weighted by Gasteiger charge is 2.45. The lowest BCUT2D eigenvalue weighted by Crippen LogP contribution is -2.44. The first-order valence-corrected chi connectivity index (χ1v) is 11.8. The standard InChI is InChI=1S/C21H31N3O4S/c1-5-15(2)22-19(25)14-24-18-10-9-16(13-17(18)21(3,4)20(24)26)29(27,28)23-11-7-6-8-12-23/h9-10,13,15H,5-8,11-12,14H2,1-4H3,(H,22,25). The number of fused-ring (bicyclic) bond motifs is 1. The van der Waals surface area contributed by atoms with Gasteiger partial charge < -0.3 is 10.2 Å². The Bertz CT molecular complexity index is 905. The van der Waals surface area contributed by atoms with E-state index < -0.39 is 15.4 Å². The van der Waals surface area contributed by atoms with Crippen LogP contribution in [-0.2, 0) is 25.0 Å². The molecule has 1 unspecified atom stereocenters. The summed E-state index contributed by atoms with van der Waals surface area (Å²) in [6.45, 7) is 8.44. The van der Waals surface area contributed by atoms with E-state index in [9.17, 15) is 18.0 Å². The molecule has 1 saturated heterocycles. The van der Waals surface area contributed by atoms with Gasteiger partial charge in [-0.3, -0.25) is 9.59 Å². The Kier molecular flexibility index (Phi) is 6.06. The summed E-state index contributed by atoms with van der Waals surface area (Å²) in [5.74, 6) is -0.416. The van der Waals surface area contributed by atoms with Gasteiger partial charge in [-0.1, -0.05) is 13.3 Å². The second-order valence-corrected chi connectivity index (χ2v) is 10.5. The van der Waals surface area contributed by atoms with Crippen LogP contribution in [0.25, 0.3) is 0 Å². The van der Waals surface area contributed by atoms with Crippen molar-refractivity contribution in [3.8, 4) is 0 Å². The van der Waals surface area contributed by atoms with E-state index >= 15 is 0 Å². The fourth-order valence-corrected chi connectivity index (χ4v) is 5.49. The molecule has 0 radical (unpaired) electrons. The van der Waals surface area contributed by atoms with E-state index in [1.807, 2.05) is 13.8 Å². The largest absolute Gasteiger partial charge is 0.352 e. The molecule has 0 spiro atoms. The third-order valence-corrected chi connectivity index (χ3v) is 7.88. The Balaban J connectivity index is 1.91. The quantitative estimate of drug-likeness (QED) is 0.764. The van der Waals surface area contributed by atoms with E-state index in [1.165, 1.54) is 9.21 Å². The van der Waals surface area contributed by atoms with E-state index in [0.717, 1.165) is 25.7 Å². The van der Waals surface area contributed by atoms with Crippen molar-refractivity contribution in [2.45, 2.75) is 69.7 Å². The van der Waals surface area contributed by atoms with Gasteiger partial charge in [-0.05, 0) is 63.8 Å². The van der Waals surface area contributed by atoms with Crippen LogP contribution in [0.1, 0.15) is 58.9 Å². The Morgan fingerprint density at radius 1 is 1.21 bits per heavy atom. The number of hydrogen-bond acceptors (Lipinski definition) is 4. The normalized spacial score (nSPS) is 20.4. The van der Waals surface area contributed by atoms with Crippen LogP contribution in [0.3, 0.4) is 0 Å². The zero-order valence-electron chi connectivity index (χ0n) is 17.7. The van der Waals surface area contributed by atoms with E-state index in [-0.39, 0.29) is 29.3 Å². The molecule has 1 aromatic rings. The van der Waals surface area contributed by atoms with Crippen LogP contribution < -0.4 is 10.2 Å². The number of piperidine rings is 1. The van der Waals surface area contributed by atoms with Crippen LogP contribution in [0.2, 0.25) is 0 Å². The van der Waals surface area contributed by atoms with Gasteiger partial charge in [0.05, 0.1) is 10.3 Å². The van der Waals surface area contributed by atoms with E-state index in [2.05, 4.69) is 5.32 Å². The summed E-state index contributed by atoms with van der Waals surface area (Å²) in [4.78, 5) is 27.1. The number of anilines is 1. The highest BCUT2D eigenvalue weighted by Crippen LogP contribution is 2.42. The highest BCUT2D eigenvalue weighted by atomic mass is 32.2. The third-order valence-electron chi connectivity index (χ3n) is 5.99. The molecule has 2 amide bonds. The zero-order chi connectivity index (χ0) is 21.4. The molecular formula is C21H31N3O4S. The lowest BCUT2D eigenvalue weighted by atomic mass is 9.86. The van der Waals surface area contributed by atoms with Crippen LogP contribution in [0.5, 0.6) is 0 Å². The van der Waals surface area contributed by atoms with Gasteiger partial charge in [-0.25, -0.2) is 8.42 Å². The highest BCUT2D eigenvalue weighted by molar-refractivity contribution is 7.89. The number of carbonyl (C=O) groups excluding carboxylic acids is 2. The Morgan fingerprint density at radius 3 is 2.48 bits per heavy atom. The summed E-state index contributed by atoms with van der Waals surface area (Å²) in [7, 11) is -3.59. The molecule has 1 N–H and O–H groups in total. The molecule has 2 aliphatic rings. The number of benzene rings is 1. The molecule has 2 aliphatic heterocycles. The summed E-state index contributed by atoms with van der Waals surface area (Å²) in [5.41, 5.74) is 0.369. The maximum absolute atomic E-state index is 13.1. The number of rotatable bonds is 6. The van der Waals surface area contributed by atoms with Gasteiger partial charge in [0.1, 0.15) is 6.54 Å². The van der Waals surface area contributed by atoms with Gasteiger partial charge in [0.2, 0.25) is 21.8 Å². The summed E-state index contributed by atoms with van der Waals surface area (Å²) >= 11 is 0. The fourth-order valence-electron chi connectivity index (χ4n) is 3.95. The van der Waals surface area contributed by atoms with Crippen LogP contribution in [-0.4, -0.2) is 50.2 Å². The molecule has 0 aliphatic carbocycles. The molecule has 7 nitrogen and oxygen atoms in total. The van der Waals surface area contributed by atoms with Gasteiger partial charge in [-0.15, -0.1) is 0 Å². The van der Waals surface area contributed by atoms with Crippen molar-refractivity contribution in [2.24, 2.45) is 0 Å². The molecule has 160 valence electrons. The van der Waals surface area contributed by atoms with E-state index in [0.29, 0.717) is 24.3 Å². The first-order chi connectivity index (χ1) is 13.6. The van der Waals surface area contributed by atoms with E-state index in [4.69, 9.17) is 0 Å². The van der Waals surface area contributed by atoms with Crippen LogP contribution in [0, 0.1) is 0 Å². The summed E-state index contributed by atoms with van der Waals surface area (Å²) < 4.78 is 27.6. The Hall–Kier alpha value is -1.93. The molecule has 1 atom stereocenters. The molecule has 0 aromatic heterocycles. The van der Waals surface area contributed by atoms with E-state index in [1.54, 1.807) is 32.0 Å². The van der Waals surface area contributed by atoms with Crippen molar-refractivity contribution in [2.75, 3.05) is 24.5 Å². The number of hydrogen-bond donors (Lipinski definition) is 1. The van der Waals surface area contributed by atoms with Crippen molar-refractivity contribution in [1.82, 2.24) is 9.62 Å². The van der Waals surface area contributed by atoms with Crippen molar-refractivity contribution in [3.63, 3.8) is 0 Å². The van der Waals surface area contributed by atoms with Gasteiger partial charge in [-0.2, -0.15) is 4.31 Å². The van der Waals surface area contributed by atoms with Gasteiger partial charge in [0.15, 0.2) is 0 Å². The molecule has 0 bridgehead atoms. The number of nitrogens with one attached hydrogen (secondary N) is 1. The second-order valence-electron chi connectivity index (χ2n) is 8.54. The fraction of sp³-hybridized carbons (Fsp3) is 0.619. The van der Waals surface area contributed by atoms with Crippen LogP contribution >= 0.6 is 0 Å². The minimum Gasteiger partial charge on any atom is -0.352 e. The lowest BCUT2D eigenvalue weighted by Gasteiger charge is -2.26. The second kappa shape index (κ2) is 8.07. The van der Waals surface area contributed by atoms with Crippen molar-refractivity contribution < 1.29 is 18.0 Å². The Labute approximate surface area is 173 Å². The van der Waals surface area contributed by atoms with Crippen molar-refractivity contribution >= 4 is 27.5 Å². The predicted molar refractivity (Wildman–Crippen MR) is 112 cm³/mol. The smallest absolute Gasteiger partial charge is 0.243 e. The molecular weight excluding hydrogens is 390 g/mol. The number of amides is 2. The first-order valence-electron chi connectivity index (χ1n) is 10.3. The van der Waals surface area contributed by atoms with Crippen LogP contribution in [0.15, 0.2) is 23.1 Å². The molecule has 0 saturated carbocycles. The molecule has 8 heteroatoms. The lowest BCUT2D eigenvalue weighted by molar-refractivity contribution is -0.125. The minimum atomic E-state index is -3.59. The zero-order valence-corrected chi connectivity index (χ0v) is 18.5.